The zero-order chi connectivity index (χ0) is 17.8. The van der Waals surface area contributed by atoms with Crippen molar-refractivity contribution in [1.82, 2.24) is 14.7 Å². The molecule has 1 amide bonds. The molecule has 1 aromatic carbocycles. The molecular formula is C17H18ClN3O4. The van der Waals surface area contributed by atoms with E-state index in [1.54, 1.807) is 33.8 Å². The fourth-order valence-corrected chi connectivity index (χ4v) is 2.92. The molecule has 0 unspecified atom stereocenters. The molecule has 0 spiro atoms. The van der Waals surface area contributed by atoms with Crippen molar-refractivity contribution >= 4 is 23.5 Å². The van der Waals surface area contributed by atoms with Gasteiger partial charge in [0.2, 0.25) is 0 Å². The number of ether oxygens (including phenoxy) is 1. The van der Waals surface area contributed by atoms with Crippen LogP contribution in [-0.4, -0.2) is 51.4 Å². The zero-order valence-electron chi connectivity index (χ0n) is 13.5. The molecule has 0 aliphatic carbocycles. The second-order valence-corrected chi connectivity index (χ2v) is 6.31. The molecule has 3 rings (SSSR count). The summed E-state index contributed by atoms with van der Waals surface area (Å²) in [5, 5.41) is 13.7. The summed E-state index contributed by atoms with van der Waals surface area (Å²) in [6.07, 6.45) is 4.34. The van der Waals surface area contributed by atoms with Gasteiger partial charge in [0.15, 0.2) is 6.61 Å². The van der Waals surface area contributed by atoms with Crippen molar-refractivity contribution in [2.24, 2.45) is 0 Å². The van der Waals surface area contributed by atoms with Gasteiger partial charge in [-0.1, -0.05) is 11.6 Å². The van der Waals surface area contributed by atoms with Gasteiger partial charge in [-0.3, -0.25) is 9.48 Å². The number of aromatic carboxylic acids is 1. The topological polar surface area (TPSA) is 84.7 Å². The first-order valence-electron chi connectivity index (χ1n) is 7.96. The molecule has 1 N–H and O–H groups in total. The van der Waals surface area contributed by atoms with Gasteiger partial charge in [-0.15, -0.1) is 0 Å². The zero-order valence-corrected chi connectivity index (χ0v) is 14.2. The number of aromatic nitrogens is 2. The summed E-state index contributed by atoms with van der Waals surface area (Å²) in [5.74, 6) is -0.455. The van der Waals surface area contributed by atoms with Crippen LogP contribution < -0.4 is 4.74 Å². The lowest BCUT2D eigenvalue weighted by molar-refractivity contribution is -0.134. The summed E-state index contributed by atoms with van der Waals surface area (Å²) in [7, 11) is 0. The van der Waals surface area contributed by atoms with E-state index in [9.17, 15) is 9.59 Å². The smallest absolute Gasteiger partial charge is 0.338 e. The first kappa shape index (κ1) is 17.3. The lowest BCUT2D eigenvalue weighted by Gasteiger charge is -2.32. The minimum atomic E-state index is -0.988. The van der Waals surface area contributed by atoms with Crippen LogP contribution in [0.3, 0.4) is 0 Å². The summed E-state index contributed by atoms with van der Waals surface area (Å²) in [6.45, 7) is 1.17. The van der Waals surface area contributed by atoms with Crippen molar-refractivity contribution in [2.45, 2.75) is 18.9 Å². The Labute approximate surface area is 149 Å². The van der Waals surface area contributed by atoms with Gasteiger partial charge in [-0.2, -0.15) is 5.10 Å². The maximum Gasteiger partial charge on any atom is 0.338 e. The first-order chi connectivity index (χ1) is 12.0. The lowest BCUT2D eigenvalue weighted by Crippen LogP contribution is -2.41. The Morgan fingerprint density at radius 1 is 1.24 bits per heavy atom. The number of hydrogen-bond acceptors (Lipinski definition) is 4. The molecule has 1 aliphatic heterocycles. The van der Waals surface area contributed by atoms with Crippen molar-refractivity contribution in [1.29, 1.82) is 0 Å². The molecule has 1 aliphatic rings. The normalized spacial score (nSPS) is 15.2. The fraction of sp³-hybridized carbons (Fsp3) is 0.353. The number of benzene rings is 1. The van der Waals surface area contributed by atoms with Crippen molar-refractivity contribution in [2.75, 3.05) is 19.7 Å². The summed E-state index contributed by atoms with van der Waals surface area (Å²) >= 11 is 5.81. The number of hydrogen-bond donors (Lipinski definition) is 1. The van der Waals surface area contributed by atoms with Crippen LogP contribution in [-0.2, 0) is 4.79 Å². The highest BCUT2D eigenvalue weighted by atomic mass is 35.5. The van der Waals surface area contributed by atoms with Crippen molar-refractivity contribution in [3.63, 3.8) is 0 Å². The third kappa shape index (κ3) is 4.30. The number of nitrogens with zero attached hydrogens (tertiary/aromatic N) is 3. The van der Waals surface area contributed by atoms with Crippen LogP contribution in [0, 0.1) is 0 Å². The van der Waals surface area contributed by atoms with Crippen LogP contribution in [0.4, 0.5) is 0 Å². The van der Waals surface area contributed by atoms with Crippen LogP contribution in [0.25, 0.3) is 0 Å². The molecule has 8 heteroatoms. The summed E-state index contributed by atoms with van der Waals surface area (Å²) < 4.78 is 7.16. The second-order valence-electron chi connectivity index (χ2n) is 5.87. The minimum absolute atomic E-state index is 0.0166. The predicted octanol–water partition coefficient (Wildman–Crippen LogP) is 2.48. The van der Waals surface area contributed by atoms with Crippen LogP contribution >= 0.6 is 11.6 Å². The number of carboxylic acids is 1. The van der Waals surface area contributed by atoms with Crippen molar-refractivity contribution < 1.29 is 19.4 Å². The van der Waals surface area contributed by atoms with Gasteiger partial charge < -0.3 is 14.7 Å². The number of piperidine rings is 1. The SMILES string of the molecule is O=C(O)c1cnn(C2CCN(C(=O)COc3ccc(Cl)cc3)CC2)c1. The Bertz CT molecular complexity index is 752. The number of carboxylic acid groups (broad SMARTS) is 1. The maximum atomic E-state index is 12.2. The highest BCUT2D eigenvalue weighted by Crippen LogP contribution is 2.22. The highest BCUT2D eigenvalue weighted by molar-refractivity contribution is 6.30. The molecular weight excluding hydrogens is 346 g/mol. The van der Waals surface area contributed by atoms with Gasteiger partial charge in [0.05, 0.1) is 17.8 Å². The number of likely N-dealkylation sites (tertiary alicyclic amines) is 1. The van der Waals surface area contributed by atoms with E-state index in [-0.39, 0.29) is 24.1 Å². The quantitative estimate of drug-likeness (QED) is 0.882. The van der Waals surface area contributed by atoms with E-state index in [2.05, 4.69) is 5.10 Å². The molecule has 1 aromatic heterocycles. The average molecular weight is 364 g/mol. The van der Waals surface area contributed by atoms with E-state index >= 15 is 0 Å². The summed E-state index contributed by atoms with van der Waals surface area (Å²) in [6, 6.07) is 6.97. The maximum absolute atomic E-state index is 12.2. The van der Waals surface area contributed by atoms with Gasteiger partial charge in [-0.25, -0.2) is 4.79 Å². The molecule has 1 fully saturated rings. The highest BCUT2D eigenvalue weighted by Gasteiger charge is 2.25. The van der Waals surface area contributed by atoms with Gasteiger partial charge in [0.1, 0.15) is 5.75 Å². The number of amides is 1. The number of halogens is 1. The molecule has 1 saturated heterocycles. The van der Waals surface area contributed by atoms with E-state index in [0.717, 1.165) is 12.8 Å². The lowest BCUT2D eigenvalue weighted by atomic mass is 10.1. The second kappa shape index (κ2) is 7.57. The summed E-state index contributed by atoms with van der Waals surface area (Å²) in [5.41, 5.74) is 0.176. The predicted molar refractivity (Wildman–Crippen MR) is 91.0 cm³/mol. The Kier molecular flexibility index (Phi) is 5.23. The van der Waals surface area contributed by atoms with Gasteiger partial charge >= 0.3 is 5.97 Å². The van der Waals surface area contributed by atoms with E-state index in [1.807, 2.05) is 0 Å². The number of carbonyl (C=O) groups excluding carboxylic acids is 1. The van der Waals surface area contributed by atoms with Gasteiger partial charge in [0, 0.05) is 24.3 Å². The van der Waals surface area contributed by atoms with Crippen LogP contribution in [0.5, 0.6) is 5.75 Å². The third-order valence-corrected chi connectivity index (χ3v) is 4.47. The monoisotopic (exact) mass is 363 g/mol. The molecule has 0 bridgehead atoms. The number of rotatable bonds is 5. The number of carbonyl (C=O) groups is 2. The Morgan fingerprint density at radius 3 is 2.52 bits per heavy atom. The van der Waals surface area contributed by atoms with Crippen molar-refractivity contribution in [3.05, 3.63) is 47.2 Å². The van der Waals surface area contributed by atoms with Gasteiger partial charge in [-0.05, 0) is 37.1 Å². The first-order valence-corrected chi connectivity index (χ1v) is 8.34. The molecule has 2 aromatic rings. The Morgan fingerprint density at radius 2 is 1.92 bits per heavy atom. The largest absolute Gasteiger partial charge is 0.484 e. The fourth-order valence-electron chi connectivity index (χ4n) is 2.80. The average Bonchev–Trinajstić information content (AvgIpc) is 3.11. The Balaban J connectivity index is 1.48. The minimum Gasteiger partial charge on any atom is -0.484 e. The van der Waals surface area contributed by atoms with Crippen LogP contribution in [0.15, 0.2) is 36.7 Å². The Hall–Kier alpha value is -2.54. The molecule has 7 nitrogen and oxygen atoms in total. The molecule has 0 atom stereocenters. The molecule has 0 radical (unpaired) electrons. The summed E-state index contributed by atoms with van der Waals surface area (Å²) in [4.78, 5) is 24.9. The molecule has 25 heavy (non-hydrogen) atoms. The van der Waals surface area contributed by atoms with E-state index in [1.165, 1.54) is 12.4 Å². The molecule has 2 heterocycles. The molecule has 132 valence electrons. The third-order valence-electron chi connectivity index (χ3n) is 4.22. The van der Waals surface area contributed by atoms with Crippen LogP contribution in [0.1, 0.15) is 29.2 Å². The van der Waals surface area contributed by atoms with Gasteiger partial charge in [0.25, 0.3) is 5.91 Å². The van der Waals surface area contributed by atoms with E-state index < -0.39 is 5.97 Å². The van der Waals surface area contributed by atoms with E-state index in [4.69, 9.17) is 21.4 Å². The van der Waals surface area contributed by atoms with E-state index in [0.29, 0.717) is 23.9 Å². The van der Waals surface area contributed by atoms with Crippen molar-refractivity contribution in [3.8, 4) is 5.75 Å². The standard InChI is InChI=1S/C17H18ClN3O4/c18-13-1-3-15(4-2-13)25-11-16(22)20-7-5-14(6-8-20)21-10-12(9-19-21)17(23)24/h1-4,9-10,14H,5-8,11H2,(H,23,24). The van der Waals surface area contributed by atoms with Crippen LogP contribution in [0.2, 0.25) is 5.02 Å². The molecule has 0 saturated carbocycles.